The molecule has 3 atom stereocenters. The van der Waals surface area contributed by atoms with Crippen LogP contribution in [0.5, 0.6) is 0 Å². The number of piperidine rings is 2. The van der Waals surface area contributed by atoms with Gasteiger partial charge in [-0.3, -0.25) is 9.48 Å². The van der Waals surface area contributed by atoms with E-state index in [-0.39, 0.29) is 5.91 Å². The Bertz CT molecular complexity index is 537. The van der Waals surface area contributed by atoms with Crippen molar-refractivity contribution in [2.75, 3.05) is 40.3 Å². The van der Waals surface area contributed by atoms with Crippen molar-refractivity contribution in [2.24, 2.45) is 5.92 Å². The van der Waals surface area contributed by atoms with Crippen LogP contribution in [0.3, 0.4) is 0 Å². The lowest BCUT2D eigenvalue weighted by atomic mass is 9.93. The molecule has 0 aliphatic carbocycles. The number of aromatic nitrogens is 2. The maximum atomic E-state index is 12.8. The van der Waals surface area contributed by atoms with Crippen molar-refractivity contribution < 1.29 is 4.79 Å². The Balaban J connectivity index is 1.66. The largest absolute Gasteiger partial charge is 0.337 e. The van der Waals surface area contributed by atoms with Crippen LogP contribution < -0.4 is 5.32 Å². The van der Waals surface area contributed by atoms with Gasteiger partial charge in [0.2, 0.25) is 0 Å². The molecule has 1 aromatic rings. The van der Waals surface area contributed by atoms with Gasteiger partial charge in [0.25, 0.3) is 5.91 Å². The van der Waals surface area contributed by atoms with Crippen LogP contribution >= 0.6 is 0 Å². The zero-order chi connectivity index (χ0) is 16.4. The summed E-state index contributed by atoms with van der Waals surface area (Å²) >= 11 is 0. The molecule has 1 amide bonds. The number of hydrogen-bond acceptors (Lipinski definition) is 4. The molecule has 6 heteroatoms. The zero-order valence-corrected chi connectivity index (χ0v) is 14.5. The fourth-order valence-corrected chi connectivity index (χ4v) is 3.96. The molecule has 3 rings (SSSR count). The minimum absolute atomic E-state index is 0.0499. The third-order valence-electron chi connectivity index (χ3n) is 5.35. The summed E-state index contributed by atoms with van der Waals surface area (Å²) in [7, 11) is 4.07. The maximum absolute atomic E-state index is 12.8. The SMILES string of the molecule is CC1CN(C)CCC1N(C)C(=O)c1ccn(C2CCCNC2)n1. The molecule has 0 spiro atoms. The van der Waals surface area contributed by atoms with Crippen LogP contribution in [0, 0.1) is 5.92 Å². The first-order valence-corrected chi connectivity index (χ1v) is 8.78. The van der Waals surface area contributed by atoms with E-state index in [1.54, 1.807) is 0 Å². The highest BCUT2D eigenvalue weighted by atomic mass is 16.2. The van der Waals surface area contributed by atoms with Gasteiger partial charge in [-0.1, -0.05) is 6.92 Å². The molecule has 3 heterocycles. The molecule has 0 saturated carbocycles. The minimum atomic E-state index is 0.0499. The number of hydrogen-bond donors (Lipinski definition) is 1. The second kappa shape index (κ2) is 7.01. The standard InChI is InChI=1S/C17H29N5O/c1-13-12-20(2)9-7-16(13)21(3)17(23)15-6-10-22(19-15)14-5-4-8-18-11-14/h6,10,13-14,16,18H,4-5,7-9,11-12H2,1-3H3. The van der Waals surface area contributed by atoms with Crippen molar-refractivity contribution >= 4 is 5.91 Å². The third-order valence-corrected chi connectivity index (χ3v) is 5.35. The highest BCUT2D eigenvalue weighted by Crippen LogP contribution is 2.22. The van der Waals surface area contributed by atoms with Crippen LogP contribution in [-0.2, 0) is 0 Å². The van der Waals surface area contributed by atoms with Gasteiger partial charge in [0.15, 0.2) is 0 Å². The summed E-state index contributed by atoms with van der Waals surface area (Å²) in [4.78, 5) is 17.0. The Morgan fingerprint density at radius 1 is 1.43 bits per heavy atom. The van der Waals surface area contributed by atoms with Crippen LogP contribution in [-0.4, -0.2) is 71.8 Å². The average Bonchev–Trinajstić information content (AvgIpc) is 3.04. The molecule has 2 aliphatic rings. The molecular weight excluding hydrogens is 290 g/mol. The fourth-order valence-electron chi connectivity index (χ4n) is 3.96. The fraction of sp³-hybridized carbons (Fsp3) is 0.765. The number of carbonyl (C=O) groups excluding carboxylic acids is 1. The molecule has 3 unspecified atom stereocenters. The van der Waals surface area contributed by atoms with Crippen molar-refractivity contribution in [1.82, 2.24) is 24.9 Å². The molecule has 6 nitrogen and oxygen atoms in total. The predicted molar refractivity (Wildman–Crippen MR) is 90.5 cm³/mol. The molecule has 1 aromatic heterocycles. The van der Waals surface area contributed by atoms with E-state index in [1.807, 2.05) is 28.9 Å². The molecule has 1 N–H and O–H groups in total. The monoisotopic (exact) mass is 319 g/mol. The molecule has 2 saturated heterocycles. The molecule has 128 valence electrons. The Morgan fingerprint density at radius 2 is 2.26 bits per heavy atom. The van der Waals surface area contributed by atoms with Crippen LogP contribution in [0.25, 0.3) is 0 Å². The number of rotatable bonds is 3. The van der Waals surface area contributed by atoms with E-state index in [9.17, 15) is 4.79 Å². The first kappa shape index (κ1) is 16.5. The summed E-state index contributed by atoms with van der Waals surface area (Å²) in [5.41, 5.74) is 0.573. The van der Waals surface area contributed by atoms with Crippen LogP contribution in [0.1, 0.15) is 42.7 Å². The number of amides is 1. The zero-order valence-electron chi connectivity index (χ0n) is 14.5. The summed E-state index contributed by atoms with van der Waals surface area (Å²) in [6, 6.07) is 2.55. The first-order valence-electron chi connectivity index (χ1n) is 8.78. The molecule has 23 heavy (non-hydrogen) atoms. The Morgan fingerprint density at radius 3 is 2.96 bits per heavy atom. The Hall–Kier alpha value is -1.40. The van der Waals surface area contributed by atoms with Crippen LogP contribution in [0.4, 0.5) is 0 Å². The second-order valence-corrected chi connectivity index (χ2v) is 7.19. The van der Waals surface area contributed by atoms with E-state index in [0.717, 1.165) is 39.0 Å². The molecule has 0 radical (unpaired) electrons. The lowest BCUT2D eigenvalue weighted by molar-refractivity contribution is 0.0542. The predicted octanol–water partition coefficient (Wildman–Crippen LogP) is 1.22. The Labute approximate surface area is 138 Å². The summed E-state index contributed by atoms with van der Waals surface area (Å²) in [6.07, 6.45) is 5.29. The molecule has 0 aromatic carbocycles. The summed E-state index contributed by atoms with van der Waals surface area (Å²) < 4.78 is 1.96. The molecule has 2 fully saturated rings. The van der Waals surface area contributed by atoms with Crippen molar-refractivity contribution in [2.45, 2.75) is 38.3 Å². The summed E-state index contributed by atoms with van der Waals surface area (Å²) in [5.74, 6) is 0.543. The van der Waals surface area contributed by atoms with E-state index in [0.29, 0.717) is 23.7 Å². The second-order valence-electron chi connectivity index (χ2n) is 7.19. The summed E-state index contributed by atoms with van der Waals surface area (Å²) in [5, 5.41) is 7.96. The number of likely N-dealkylation sites (tertiary alicyclic amines) is 1. The quantitative estimate of drug-likeness (QED) is 0.910. The van der Waals surface area contributed by atoms with E-state index >= 15 is 0 Å². The highest BCUT2D eigenvalue weighted by Gasteiger charge is 2.31. The average molecular weight is 319 g/mol. The minimum Gasteiger partial charge on any atom is -0.337 e. The lowest BCUT2D eigenvalue weighted by Crippen LogP contribution is -2.49. The molecular formula is C17H29N5O. The van der Waals surface area contributed by atoms with Gasteiger partial charge in [0.1, 0.15) is 5.69 Å². The van der Waals surface area contributed by atoms with Crippen LogP contribution in [0.15, 0.2) is 12.3 Å². The van der Waals surface area contributed by atoms with Gasteiger partial charge in [-0.05, 0) is 51.4 Å². The van der Waals surface area contributed by atoms with Gasteiger partial charge >= 0.3 is 0 Å². The maximum Gasteiger partial charge on any atom is 0.274 e. The third kappa shape index (κ3) is 3.58. The van der Waals surface area contributed by atoms with Crippen molar-refractivity contribution in [1.29, 1.82) is 0 Å². The van der Waals surface area contributed by atoms with Gasteiger partial charge in [-0.25, -0.2) is 0 Å². The smallest absolute Gasteiger partial charge is 0.274 e. The lowest BCUT2D eigenvalue weighted by Gasteiger charge is -2.39. The van der Waals surface area contributed by atoms with Gasteiger partial charge in [0.05, 0.1) is 6.04 Å². The van der Waals surface area contributed by atoms with Crippen molar-refractivity contribution in [3.05, 3.63) is 18.0 Å². The number of nitrogens with one attached hydrogen (secondary N) is 1. The summed E-state index contributed by atoms with van der Waals surface area (Å²) in [6.45, 7) is 6.35. The van der Waals surface area contributed by atoms with Gasteiger partial charge in [-0.15, -0.1) is 0 Å². The van der Waals surface area contributed by atoms with Crippen molar-refractivity contribution in [3.8, 4) is 0 Å². The highest BCUT2D eigenvalue weighted by molar-refractivity contribution is 5.92. The van der Waals surface area contributed by atoms with Crippen LogP contribution in [0.2, 0.25) is 0 Å². The van der Waals surface area contributed by atoms with E-state index < -0.39 is 0 Å². The van der Waals surface area contributed by atoms with E-state index in [2.05, 4.69) is 29.3 Å². The Kier molecular flexibility index (Phi) is 5.02. The topological polar surface area (TPSA) is 53.4 Å². The first-order chi connectivity index (χ1) is 11.1. The van der Waals surface area contributed by atoms with Gasteiger partial charge < -0.3 is 15.1 Å². The molecule has 2 aliphatic heterocycles. The van der Waals surface area contributed by atoms with Gasteiger partial charge in [0, 0.05) is 32.4 Å². The number of nitrogens with zero attached hydrogens (tertiary/aromatic N) is 4. The van der Waals surface area contributed by atoms with Crippen molar-refractivity contribution in [3.63, 3.8) is 0 Å². The molecule has 0 bridgehead atoms. The number of carbonyl (C=O) groups is 1. The van der Waals surface area contributed by atoms with Gasteiger partial charge in [-0.2, -0.15) is 5.10 Å². The van der Waals surface area contributed by atoms with E-state index in [4.69, 9.17) is 0 Å². The van der Waals surface area contributed by atoms with E-state index in [1.165, 1.54) is 6.42 Å². The normalized spacial score (nSPS) is 29.4.